The quantitative estimate of drug-likeness (QED) is 0.370. The van der Waals surface area contributed by atoms with Crippen LogP contribution in [0.15, 0.2) is 40.1 Å². The number of nitrogens with zero attached hydrogens (tertiary/aromatic N) is 4. The van der Waals surface area contributed by atoms with Crippen molar-refractivity contribution in [3.8, 4) is 11.4 Å². The largest absolute Gasteiger partial charge is 0.395 e. The van der Waals surface area contributed by atoms with E-state index in [9.17, 15) is 13.2 Å². The maximum atomic E-state index is 14.0. The van der Waals surface area contributed by atoms with Crippen LogP contribution in [0.1, 0.15) is 37.6 Å². The average molecular weight is 573 g/mol. The summed E-state index contributed by atoms with van der Waals surface area (Å²) < 4.78 is 32.5. The highest BCUT2D eigenvalue weighted by atomic mass is 32.2. The summed E-state index contributed by atoms with van der Waals surface area (Å²) >= 11 is 1.15. The lowest BCUT2D eigenvalue weighted by Gasteiger charge is -2.41. The monoisotopic (exact) mass is 572 g/mol. The minimum atomic E-state index is -3.78. The molecule has 208 valence electrons. The molecular weight excluding hydrogens is 540 g/mol. The van der Waals surface area contributed by atoms with Crippen LogP contribution in [0.25, 0.3) is 11.4 Å². The second-order valence-electron chi connectivity index (χ2n) is 9.84. The molecule has 3 heterocycles. The summed E-state index contributed by atoms with van der Waals surface area (Å²) in [5.41, 5.74) is 2.41. The number of ether oxygens (including phenoxy) is 1. The highest BCUT2D eigenvalue weighted by molar-refractivity contribution is 7.94. The average Bonchev–Trinajstić information content (AvgIpc) is 3.34. The Balaban J connectivity index is 1.55. The Morgan fingerprint density at radius 2 is 2.00 bits per heavy atom. The first-order valence-electron chi connectivity index (χ1n) is 12.9. The molecule has 0 bridgehead atoms. The smallest absolute Gasteiger partial charge is 0.319 e. The lowest BCUT2D eigenvalue weighted by Crippen LogP contribution is -2.46. The number of hydrogen-bond donors (Lipinski definition) is 3. The molecule has 3 aromatic rings. The van der Waals surface area contributed by atoms with Gasteiger partial charge in [0.05, 0.1) is 31.6 Å². The number of carbonyl (C=O) groups is 1. The SMILES string of the molecule is Cc1csc(S(=O)(=O)C2(c3cc(N4CCOC[C@@H]4C)nc(-c4ccc(NC(=O)NCCO)cc4)n3)CCC2)n1. The van der Waals surface area contributed by atoms with E-state index in [-0.39, 0.29) is 23.5 Å². The van der Waals surface area contributed by atoms with Crippen molar-refractivity contribution in [2.45, 2.75) is 48.2 Å². The van der Waals surface area contributed by atoms with E-state index >= 15 is 0 Å². The van der Waals surface area contributed by atoms with E-state index in [1.54, 1.807) is 36.6 Å². The number of carbonyl (C=O) groups excluding carboxylic acids is 1. The number of morpholine rings is 1. The minimum absolute atomic E-state index is 0.0638. The molecule has 1 atom stereocenters. The summed E-state index contributed by atoms with van der Waals surface area (Å²) in [5.74, 6) is 1.07. The number of aromatic nitrogens is 3. The Labute approximate surface area is 231 Å². The van der Waals surface area contributed by atoms with Crippen molar-refractivity contribution in [1.82, 2.24) is 20.3 Å². The van der Waals surface area contributed by atoms with Crippen molar-refractivity contribution in [1.29, 1.82) is 0 Å². The summed E-state index contributed by atoms with van der Waals surface area (Å²) in [4.78, 5) is 28.1. The first-order chi connectivity index (χ1) is 18.7. The zero-order valence-corrected chi connectivity index (χ0v) is 23.5. The molecule has 0 radical (unpaired) electrons. The van der Waals surface area contributed by atoms with Crippen LogP contribution in [0.4, 0.5) is 16.3 Å². The van der Waals surface area contributed by atoms with Gasteiger partial charge in [0, 0.05) is 41.5 Å². The predicted octanol–water partition coefficient (Wildman–Crippen LogP) is 3.10. The standard InChI is InChI=1S/C26H32N6O5S2/c1-17-16-38-25(28-17)39(35,36)26(8-3-9-26)21-14-22(32-11-13-37-15-18(32)2)31-23(30-21)19-4-6-20(7-5-19)29-24(34)27-10-12-33/h4-7,14,16,18,33H,3,8-13,15H2,1-2H3,(H2,27,29,34)/t18-/m0/s1. The maximum Gasteiger partial charge on any atom is 0.319 e. The van der Waals surface area contributed by atoms with Crippen LogP contribution >= 0.6 is 11.3 Å². The molecule has 1 aliphatic heterocycles. The zero-order chi connectivity index (χ0) is 27.6. The van der Waals surface area contributed by atoms with Crippen LogP contribution < -0.4 is 15.5 Å². The van der Waals surface area contributed by atoms with Crippen LogP contribution in [-0.2, 0) is 19.3 Å². The number of anilines is 2. The second kappa shape index (κ2) is 11.2. The van der Waals surface area contributed by atoms with Gasteiger partial charge in [-0.3, -0.25) is 0 Å². The third-order valence-corrected chi connectivity index (χ3v) is 11.0. The summed E-state index contributed by atoms with van der Waals surface area (Å²) in [6.07, 6.45) is 1.72. The fourth-order valence-corrected chi connectivity index (χ4v) is 8.30. The van der Waals surface area contributed by atoms with Crippen molar-refractivity contribution in [2.24, 2.45) is 0 Å². The molecular formula is C26H32N6O5S2. The summed E-state index contributed by atoms with van der Waals surface area (Å²) in [7, 11) is -3.78. The van der Waals surface area contributed by atoms with Crippen molar-refractivity contribution in [2.75, 3.05) is 43.1 Å². The Kier molecular flexibility index (Phi) is 7.85. The van der Waals surface area contributed by atoms with E-state index in [4.69, 9.17) is 19.8 Å². The number of benzene rings is 1. The fraction of sp³-hybridized carbons (Fsp3) is 0.462. The van der Waals surface area contributed by atoms with Gasteiger partial charge in [-0.1, -0.05) is 0 Å². The number of aryl methyl sites for hydroxylation is 1. The molecule has 0 unspecified atom stereocenters. The molecule has 3 N–H and O–H groups in total. The third kappa shape index (κ3) is 5.36. The Morgan fingerprint density at radius 3 is 2.62 bits per heavy atom. The lowest BCUT2D eigenvalue weighted by molar-refractivity contribution is 0.0985. The number of urea groups is 1. The number of hydrogen-bond acceptors (Lipinski definition) is 10. The van der Waals surface area contributed by atoms with Crippen LogP contribution in [0.5, 0.6) is 0 Å². The summed E-state index contributed by atoms with van der Waals surface area (Å²) in [5, 5.41) is 15.9. The summed E-state index contributed by atoms with van der Waals surface area (Å²) in [6.45, 7) is 5.58. The first kappa shape index (κ1) is 27.4. The van der Waals surface area contributed by atoms with Gasteiger partial charge >= 0.3 is 6.03 Å². The van der Waals surface area contributed by atoms with Gasteiger partial charge in [-0.05, 0) is 57.4 Å². The van der Waals surface area contributed by atoms with Gasteiger partial charge in [0.25, 0.3) is 0 Å². The molecule has 2 aromatic heterocycles. The van der Waals surface area contributed by atoms with Crippen molar-refractivity contribution in [3.63, 3.8) is 0 Å². The van der Waals surface area contributed by atoms with Crippen LogP contribution in [0, 0.1) is 6.92 Å². The number of thiazole rings is 1. The Morgan fingerprint density at radius 1 is 1.23 bits per heavy atom. The number of sulfone groups is 1. The van der Waals surface area contributed by atoms with Gasteiger partial charge in [0.15, 0.2) is 5.82 Å². The van der Waals surface area contributed by atoms with Gasteiger partial charge in [0.2, 0.25) is 14.2 Å². The highest BCUT2D eigenvalue weighted by Gasteiger charge is 2.54. The number of nitrogens with one attached hydrogen (secondary N) is 2. The van der Waals surface area contributed by atoms with E-state index in [0.29, 0.717) is 66.9 Å². The fourth-order valence-electron chi connectivity index (χ4n) is 4.84. The van der Waals surface area contributed by atoms with Crippen LogP contribution in [0.3, 0.4) is 0 Å². The Bertz CT molecular complexity index is 1440. The maximum absolute atomic E-state index is 14.0. The molecule has 11 nitrogen and oxygen atoms in total. The van der Waals surface area contributed by atoms with Crippen LogP contribution in [0.2, 0.25) is 0 Å². The normalized spacial score (nSPS) is 18.8. The molecule has 5 rings (SSSR count). The van der Waals surface area contributed by atoms with E-state index in [1.807, 2.05) is 6.07 Å². The zero-order valence-electron chi connectivity index (χ0n) is 21.9. The van der Waals surface area contributed by atoms with E-state index < -0.39 is 20.6 Å². The van der Waals surface area contributed by atoms with Gasteiger partial charge in [-0.2, -0.15) is 0 Å². The van der Waals surface area contributed by atoms with Gasteiger partial charge in [-0.25, -0.2) is 28.2 Å². The molecule has 1 saturated carbocycles. The molecule has 13 heteroatoms. The number of rotatable bonds is 8. The van der Waals surface area contributed by atoms with Crippen molar-refractivity contribution < 1.29 is 23.1 Å². The highest BCUT2D eigenvalue weighted by Crippen LogP contribution is 2.51. The van der Waals surface area contributed by atoms with Crippen molar-refractivity contribution >= 4 is 38.7 Å². The topological polar surface area (TPSA) is 147 Å². The Hall–Kier alpha value is -3.13. The lowest BCUT2D eigenvalue weighted by atomic mass is 9.81. The molecule has 1 saturated heterocycles. The van der Waals surface area contributed by atoms with E-state index in [2.05, 4.69) is 27.4 Å². The van der Waals surface area contributed by atoms with Crippen LogP contribution in [-0.4, -0.2) is 73.5 Å². The molecule has 39 heavy (non-hydrogen) atoms. The number of aliphatic hydroxyl groups excluding tert-OH is 1. The molecule has 1 aromatic carbocycles. The third-order valence-electron chi connectivity index (χ3n) is 7.14. The molecule has 1 aliphatic carbocycles. The predicted molar refractivity (Wildman–Crippen MR) is 149 cm³/mol. The van der Waals surface area contributed by atoms with Crippen molar-refractivity contribution in [3.05, 3.63) is 47.1 Å². The molecule has 2 amide bonds. The number of amides is 2. The minimum Gasteiger partial charge on any atom is -0.395 e. The van der Waals surface area contributed by atoms with E-state index in [0.717, 1.165) is 17.8 Å². The molecule has 0 spiro atoms. The van der Waals surface area contributed by atoms with Gasteiger partial charge < -0.3 is 25.4 Å². The summed E-state index contributed by atoms with van der Waals surface area (Å²) in [6, 6.07) is 8.51. The molecule has 2 aliphatic rings. The second-order valence-corrected chi connectivity index (χ2v) is 13.1. The van der Waals surface area contributed by atoms with E-state index in [1.165, 1.54) is 0 Å². The van der Waals surface area contributed by atoms with Gasteiger partial charge in [-0.15, -0.1) is 11.3 Å². The molecule has 2 fully saturated rings. The number of aliphatic hydroxyl groups is 1. The van der Waals surface area contributed by atoms with Gasteiger partial charge in [0.1, 0.15) is 10.6 Å². The first-order valence-corrected chi connectivity index (χ1v) is 15.3.